The predicted molar refractivity (Wildman–Crippen MR) is 94.7 cm³/mol. The van der Waals surface area contributed by atoms with Crippen LogP contribution < -0.4 is 0 Å². The van der Waals surface area contributed by atoms with Crippen LogP contribution in [0.25, 0.3) is 0 Å². The first-order valence-electron chi connectivity index (χ1n) is 7.72. The number of sulfone groups is 1. The number of esters is 1. The summed E-state index contributed by atoms with van der Waals surface area (Å²) in [5, 5.41) is 0. The number of benzene rings is 2. The molecule has 25 heavy (non-hydrogen) atoms. The number of hydrogen-bond donors (Lipinski definition) is 0. The first-order valence-corrected chi connectivity index (χ1v) is 9.61. The largest absolute Gasteiger partial charge is 0.451 e. The maximum atomic E-state index is 12.4. The van der Waals surface area contributed by atoms with Crippen molar-refractivity contribution in [1.29, 1.82) is 0 Å². The number of carbonyl (C=O) groups excluding carboxylic acids is 2. The Labute approximate surface area is 147 Å². The lowest BCUT2D eigenvalue weighted by atomic mass is 10.0. The highest BCUT2D eigenvalue weighted by molar-refractivity contribution is 7.90. The molecular weight excluding hydrogens is 340 g/mol. The van der Waals surface area contributed by atoms with Crippen molar-refractivity contribution < 1.29 is 22.7 Å². The first-order chi connectivity index (χ1) is 11.6. The Morgan fingerprint density at radius 1 is 0.920 bits per heavy atom. The van der Waals surface area contributed by atoms with Gasteiger partial charge in [0.1, 0.15) is 0 Å². The lowest BCUT2D eigenvalue weighted by Gasteiger charge is -2.13. The van der Waals surface area contributed by atoms with E-state index in [0.717, 1.165) is 17.4 Å². The Morgan fingerprint density at radius 3 is 2.00 bits per heavy atom. The third-order valence-corrected chi connectivity index (χ3v) is 5.09. The summed E-state index contributed by atoms with van der Waals surface area (Å²) in [6.45, 7) is 5.37. The van der Waals surface area contributed by atoms with Crippen molar-refractivity contribution in [2.45, 2.75) is 31.8 Å². The molecule has 1 unspecified atom stereocenters. The van der Waals surface area contributed by atoms with E-state index in [0.29, 0.717) is 5.56 Å². The summed E-state index contributed by atoms with van der Waals surface area (Å²) in [6, 6.07) is 10.7. The van der Waals surface area contributed by atoms with Gasteiger partial charge >= 0.3 is 5.97 Å². The molecule has 0 spiro atoms. The third kappa shape index (κ3) is 4.54. The summed E-state index contributed by atoms with van der Waals surface area (Å²) in [5.74, 6) is -0.964. The molecule has 6 heteroatoms. The third-order valence-electron chi connectivity index (χ3n) is 3.96. The molecule has 0 saturated carbocycles. The van der Waals surface area contributed by atoms with E-state index in [2.05, 4.69) is 0 Å². The number of Topliss-reactive ketones (excluding diaryl/α,β-unsaturated/α-hetero) is 1. The topological polar surface area (TPSA) is 77.5 Å². The molecule has 0 aliphatic rings. The molecule has 0 bridgehead atoms. The second kappa shape index (κ2) is 7.19. The minimum atomic E-state index is -3.33. The van der Waals surface area contributed by atoms with Crippen molar-refractivity contribution in [2.24, 2.45) is 0 Å². The summed E-state index contributed by atoms with van der Waals surface area (Å²) in [7, 11) is -3.33. The normalized spacial score (nSPS) is 12.5. The van der Waals surface area contributed by atoms with E-state index in [4.69, 9.17) is 4.74 Å². The Bertz CT molecular complexity index is 911. The Kier molecular flexibility index (Phi) is 5.42. The molecule has 2 aromatic rings. The van der Waals surface area contributed by atoms with E-state index < -0.39 is 21.9 Å². The first kappa shape index (κ1) is 18.9. The van der Waals surface area contributed by atoms with Gasteiger partial charge in [-0.2, -0.15) is 0 Å². The summed E-state index contributed by atoms with van der Waals surface area (Å²) in [4.78, 5) is 24.7. The fourth-order valence-electron chi connectivity index (χ4n) is 2.25. The number of ether oxygens (including phenoxy) is 1. The van der Waals surface area contributed by atoms with Crippen LogP contribution in [0.15, 0.2) is 47.4 Å². The zero-order valence-corrected chi connectivity index (χ0v) is 15.4. The quantitative estimate of drug-likeness (QED) is 0.605. The molecule has 0 aromatic heterocycles. The zero-order valence-electron chi connectivity index (χ0n) is 14.6. The molecule has 0 fully saturated rings. The SMILES string of the molecule is Cc1ccc(C(=O)C(C)OC(=O)c2ccc(S(C)(=O)=O)cc2)cc1C. The van der Waals surface area contributed by atoms with Crippen molar-refractivity contribution in [1.82, 2.24) is 0 Å². The van der Waals surface area contributed by atoms with Gasteiger partial charge in [0.25, 0.3) is 0 Å². The predicted octanol–water partition coefficient (Wildman–Crippen LogP) is 3.14. The molecule has 0 aliphatic heterocycles. The van der Waals surface area contributed by atoms with Crippen LogP contribution in [0.1, 0.15) is 38.8 Å². The standard InChI is InChI=1S/C19H20O5S/c1-12-5-6-16(11-13(12)2)18(20)14(3)24-19(21)15-7-9-17(10-8-15)25(4,22)23/h5-11,14H,1-4H3. The van der Waals surface area contributed by atoms with Crippen LogP contribution >= 0.6 is 0 Å². The number of ketones is 1. The van der Waals surface area contributed by atoms with E-state index in [9.17, 15) is 18.0 Å². The van der Waals surface area contributed by atoms with Crippen molar-refractivity contribution in [2.75, 3.05) is 6.26 Å². The summed E-state index contributed by atoms with van der Waals surface area (Å²) in [6.07, 6.45) is 0.147. The second-order valence-corrected chi connectivity index (χ2v) is 8.02. The number of hydrogen-bond acceptors (Lipinski definition) is 5. The molecule has 0 aliphatic carbocycles. The number of carbonyl (C=O) groups is 2. The molecule has 0 heterocycles. The van der Waals surface area contributed by atoms with Crippen molar-refractivity contribution in [3.05, 3.63) is 64.7 Å². The Balaban J connectivity index is 2.11. The fourth-order valence-corrected chi connectivity index (χ4v) is 2.88. The minimum Gasteiger partial charge on any atom is -0.451 e. The monoisotopic (exact) mass is 360 g/mol. The highest BCUT2D eigenvalue weighted by Crippen LogP contribution is 2.15. The van der Waals surface area contributed by atoms with Gasteiger partial charge in [0.05, 0.1) is 10.5 Å². The van der Waals surface area contributed by atoms with Crippen molar-refractivity contribution >= 4 is 21.6 Å². The summed E-state index contributed by atoms with van der Waals surface area (Å²) in [5.41, 5.74) is 2.73. The smallest absolute Gasteiger partial charge is 0.338 e. The van der Waals surface area contributed by atoms with Gasteiger partial charge in [0, 0.05) is 11.8 Å². The molecule has 0 radical (unpaired) electrons. The van der Waals surface area contributed by atoms with E-state index in [1.165, 1.54) is 31.2 Å². The van der Waals surface area contributed by atoms with Crippen LogP contribution in [0.5, 0.6) is 0 Å². The number of rotatable bonds is 5. The lowest BCUT2D eigenvalue weighted by molar-refractivity contribution is 0.0318. The summed E-state index contributed by atoms with van der Waals surface area (Å²) < 4.78 is 28.1. The fraction of sp³-hybridized carbons (Fsp3) is 0.263. The van der Waals surface area contributed by atoms with Gasteiger partial charge in [-0.25, -0.2) is 13.2 Å². The van der Waals surface area contributed by atoms with Gasteiger partial charge in [-0.15, -0.1) is 0 Å². The van der Waals surface area contributed by atoms with Crippen LogP contribution in [-0.4, -0.2) is 32.5 Å². The molecule has 2 rings (SSSR count). The van der Waals surface area contributed by atoms with Crippen LogP contribution in [0.2, 0.25) is 0 Å². The summed E-state index contributed by atoms with van der Waals surface area (Å²) >= 11 is 0. The highest BCUT2D eigenvalue weighted by atomic mass is 32.2. The van der Waals surface area contributed by atoms with E-state index in [1.807, 2.05) is 19.9 Å². The Morgan fingerprint density at radius 2 is 1.48 bits per heavy atom. The van der Waals surface area contributed by atoms with Gasteiger partial charge in [0.15, 0.2) is 15.9 Å². The van der Waals surface area contributed by atoms with E-state index >= 15 is 0 Å². The minimum absolute atomic E-state index is 0.114. The van der Waals surface area contributed by atoms with Gasteiger partial charge in [-0.1, -0.05) is 12.1 Å². The van der Waals surface area contributed by atoms with Crippen LogP contribution in [0.4, 0.5) is 0 Å². The lowest BCUT2D eigenvalue weighted by Crippen LogP contribution is -2.24. The van der Waals surface area contributed by atoms with Crippen molar-refractivity contribution in [3.8, 4) is 0 Å². The van der Waals surface area contributed by atoms with Gasteiger partial charge < -0.3 is 4.74 Å². The van der Waals surface area contributed by atoms with Gasteiger partial charge in [-0.3, -0.25) is 4.79 Å². The van der Waals surface area contributed by atoms with Crippen LogP contribution in [-0.2, 0) is 14.6 Å². The zero-order chi connectivity index (χ0) is 18.8. The van der Waals surface area contributed by atoms with E-state index in [-0.39, 0.29) is 16.2 Å². The molecular formula is C19H20O5S. The molecule has 1 atom stereocenters. The maximum absolute atomic E-state index is 12.4. The second-order valence-electron chi connectivity index (χ2n) is 6.01. The molecule has 5 nitrogen and oxygen atoms in total. The van der Waals surface area contributed by atoms with Crippen molar-refractivity contribution in [3.63, 3.8) is 0 Å². The Hall–Kier alpha value is -2.47. The van der Waals surface area contributed by atoms with Gasteiger partial charge in [-0.05, 0) is 62.2 Å². The van der Waals surface area contributed by atoms with Crippen LogP contribution in [0, 0.1) is 13.8 Å². The van der Waals surface area contributed by atoms with Crippen LogP contribution in [0.3, 0.4) is 0 Å². The molecule has 2 aromatic carbocycles. The van der Waals surface area contributed by atoms with E-state index in [1.54, 1.807) is 12.1 Å². The molecule has 0 amide bonds. The molecule has 132 valence electrons. The number of aryl methyl sites for hydroxylation is 2. The maximum Gasteiger partial charge on any atom is 0.338 e. The molecule has 0 N–H and O–H groups in total. The average Bonchev–Trinajstić information content (AvgIpc) is 2.56. The molecule has 0 saturated heterocycles. The highest BCUT2D eigenvalue weighted by Gasteiger charge is 2.21. The average molecular weight is 360 g/mol. The van der Waals surface area contributed by atoms with Gasteiger partial charge in [0.2, 0.25) is 5.78 Å².